The number of H-pyrrole nitrogens is 6. The highest BCUT2D eigenvalue weighted by Gasteiger charge is 2.32. The van der Waals surface area contributed by atoms with Gasteiger partial charge in [0, 0.05) is 110 Å². The van der Waals surface area contributed by atoms with E-state index in [0.717, 1.165) is 169 Å². The minimum absolute atomic E-state index is 0.134. The van der Waals surface area contributed by atoms with Crippen LogP contribution >= 0.6 is 34.8 Å². The van der Waals surface area contributed by atoms with Crippen molar-refractivity contribution in [1.29, 1.82) is 0 Å². The van der Waals surface area contributed by atoms with Crippen LogP contribution in [0.1, 0.15) is 139 Å². The first-order valence-corrected chi connectivity index (χ1v) is 45.1. The average molecular weight is 1710 g/mol. The highest BCUT2D eigenvalue weighted by molar-refractivity contribution is 7.88. The lowest BCUT2D eigenvalue weighted by Crippen LogP contribution is -2.43. The maximum atomic E-state index is 13.0. The highest BCUT2D eigenvalue weighted by Crippen LogP contribution is 2.39. The fraction of sp³-hybridized carbons (Fsp3) is 0.429. The molecule has 4 fully saturated rings. The molecule has 4 aliphatic heterocycles. The Labute approximate surface area is 699 Å². The Morgan fingerprint density at radius 2 is 0.915 bits per heavy atom. The highest BCUT2D eigenvalue weighted by atomic mass is 35.5. The molecular formula is C84H102Cl3N19O10S2. The molecule has 4 aliphatic rings. The first-order valence-electron chi connectivity index (χ1n) is 40.2. The molecule has 0 radical (unpaired) electrons. The molecule has 29 nitrogen and oxygen atoms in total. The van der Waals surface area contributed by atoms with Gasteiger partial charge in [-0.25, -0.2) is 50.4 Å². The van der Waals surface area contributed by atoms with E-state index in [2.05, 4.69) is 98.0 Å². The number of fused-ring (bicyclic) bond motifs is 3. The first-order chi connectivity index (χ1) is 56.7. The summed E-state index contributed by atoms with van der Waals surface area (Å²) in [4.78, 5) is 83.2. The maximum absolute atomic E-state index is 13.0. The molecule has 8 aromatic heterocycles. The number of nitrogens with zero attached hydrogens (tertiary/aromatic N) is 10. The molecule has 118 heavy (non-hydrogen) atoms. The number of hydrogen-bond acceptors (Lipinski definition) is 19. The number of hydrogen-bond donors (Lipinski definition) is 10. The molecule has 0 spiro atoms. The predicted molar refractivity (Wildman–Crippen MR) is 466 cm³/mol. The molecule has 626 valence electrons. The summed E-state index contributed by atoms with van der Waals surface area (Å²) in [5.41, 5.74) is 16.6. The molecule has 4 saturated heterocycles. The summed E-state index contributed by atoms with van der Waals surface area (Å²) in [6.07, 6.45) is 18.8. The van der Waals surface area contributed by atoms with Gasteiger partial charge in [-0.3, -0.25) is 14.4 Å². The van der Waals surface area contributed by atoms with Gasteiger partial charge in [0.15, 0.2) is 0 Å². The van der Waals surface area contributed by atoms with Crippen molar-refractivity contribution in [3.63, 3.8) is 0 Å². The molecule has 0 amide bonds. The Hall–Kier alpha value is -9.67. The zero-order valence-corrected chi connectivity index (χ0v) is 71.4. The molecule has 1 atom stereocenters. The third-order valence-electron chi connectivity index (χ3n) is 23.3. The van der Waals surface area contributed by atoms with Gasteiger partial charge in [-0.2, -0.15) is 0 Å². The number of aliphatic hydroxyl groups excluding tert-OH is 1. The van der Waals surface area contributed by atoms with Gasteiger partial charge >= 0.3 is 0 Å². The van der Waals surface area contributed by atoms with E-state index >= 15 is 0 Å². The number of aryl methyl sites for hydroxylation is 5. The monoisotopic (exact) mass is 1710 g/mol. The molecule has 0 aliphatic carbocycles. The molecule has 12 aromatic rings. The van der Waals surface area contributed by atoms with Gasteiger partial charge < -0.3 is 74.5 Å². The quantitative estimate of drug-likeness (QED) is 0.0269. The lowest BCUT2D eigenvalue weighted by molar-refractivity contribution is 0.0252. The van der Waals surface area contributed by atoms with Crippen LogP contribution in [0.25, 0.3) is 67.3 Å². The first kappa shape index (κ1) is 84.8. The molecular weight excluding hydrogens is 1610 g/mol. The number of halogens is 3. The van der Waals surface area contributed by atoms with E-state index in [-0.39, 0.29) is 35.1 Å². The van der Waals surface area contributed by atoms with Gasteiger partial charge in [0.05, 0.1) is 105 Å². The van der Waals surface area contributed by atoms with Gasteiger partial charge in [0.1, 0.15) is 50.2 Å². The molecule has 34 heteroatoms. The van der Waals surface area contributed by atoms with Crippen LogP contribution in [0.3, 0.4) is 0 Å². The number of likely N-dealkylation sites (tertiary alicyclic amines) is 1. The number of nitrogens with one attached hydrogen (secondary N) is 9. The van der Waals surface area contributed by atoms with Crippen molar-refractivity contribution in [3.8, 4) is 39.9 Å². The van der Waals surface area contributed by atoms with Crippen LogP contribution in [0.15, 0.2) is 118 Å². The Morgan fingerprint density at radius 3 is 1.27 bits per heavy atom. The number of imidazole rings is 5. The van der Waals surface area contributed by atoms with Gasteiger partial charge in [0.2, 0.25) is 20.0 Å². The molecule has 12 heterocycles. The maximum Gasteiger partial charge on any atom is 0.261 e. The van der Waals surface area contributed by atoms with E-state index in [1.54, 1.807) is 59.8 Å². The van der Waals surface area contributed by atoms with Crippen molar-refractivity contribution in [2.24, 2.45) is 0 Å². The molecule has 0 saturated carbocycles. The topological polar surface area (TPSA) is 373 Å². The zero-order chi connectivity index (χ0) is 83.3. The Morgan fingerprint density at radius 1 is 0.534 bits per heavy atom. The lowest BCUT2D eigenvalue weighted by atomic mass is 9.87. The van der Waals surface area contributed by atoms with E-state index < -0.39 is 26.2 Å². The second-order valence-electron chi connectivity index (χ2n) is 31.0. The molecule has 16 rings (SSSR count). The number of aromatic nitrogens is 13. The molecule has 4 aromatic carbocycles. The van der Waals surface area contributed by atoms with Crippen LogP contribution < -0.4 is 37.4 Å². The van der Waals surface area contributed by atoms with Crippen molar-refractivity contribution in [3.05, 3.63) is 201 Å². The van der Waals surface area contributed by atoms with E-state index in [0.29, 0.717) is 136 Å². The SMILES string of the molecule is CCn1cnc(CCNc2cc[nH]c(=O)c2-c2nc3c(C)cc(C4CCN(C5CCOCC5)CC4)cc3[nH]2)c1Cl.CCn1cnc(CCNc2cc[nH]c(=O)c2-c2nc3c(C)cc(C4CCN(S(C)(=O)=O)CC4)cc3[nH]2)c1Cl.COc1ccc([C@H](O)CNc2cc[nH]c(=O)c2-c2nc3c(C)cc(C4CCN(S(C)(=O)=O)CC4)cc3[nH]2)cc1Cl. The number of aromatic amines is 6. The third-order valence-corrected chi connectivity index (χ3v) is 27.0. The second-order valence-corrected chi connectivity index (χ2v) is 36.0. The Bertz CT molecular complexity index is 6020. The summed E-state index contributed by atoms with van der Waals surface area (Å²) in [7, 11) is -4.83. The van der Waals surface area contributed by atoms with Crippen LogP contribution in [-0.4, -0.2) is 197 Å². The summed E-state index contributed by atoms with van der Waals surface area (Å²) >= 11 is 19.0. The average Bonchev–Trinajstić information content (AvgIpc) is 1.63. The van der Waals surface area contributed by atoms with Crippen LogP contribution in [-0.2, 0) is 50.7 Å². The van der Waals surface area contributed by atoms with E-state index in [1.165, 1.54) is 29.5 Å². The molecule has 10 N–H and O–H groups in total. The summed E-state index contributed by atoms with van der Waals surface area (Å²) < 4.78 is 65.2. The number of pyridine rings is 3. The van der Waals surface area contributed by atoms with Crippen molar-refractivity contribution in [2.45, 2.75) is 142 Å². The zero-order valence-electron chi connectivity index (χ0n) is 67.5. The lowest BCUT2D eigenvalue weighted by Gasteiger charge is -2.39. The summed E-state index contributed by atoms with van der Waals surface area (Å²) in [6.45, 7) is 19.0. The third kappa shape index (κ3) is 19.1. The minimum Gasteiger partial charge on any atom is -0.495 e. The normalized spacial score (nSPS) is 16.3. The minimum atomic E-state index is -3.19. The Balaban J connectivity index is 0.000000145. The molecule has 0 unspecified atom stereocenters. The van der Waals surface area contributed by atoms with Crippen molar-refractivity contribution in [2.75, 3.05) is 108 Å². The van der Waals surface area contributed by atoms with Gasteiger partial charge in [-0.15, -0.1) is 0 Å². The predicted octanol–water partition coefficient (Wildman–Crippen LogP) is 13.2. The van der Waals surface area contributed by atoms with Gasteiger partial charge in [-0.1, -0.05) is 59.1 Å². The number of sulfonamides is 2. The number of benzene rings is 4. The number of ether oxygens (including phenoxy) is 2. The van der Waals surface area contributed by atoms with E-state index in [4.69, 9.17) is 59.2 Å². The number of anilines is 3. The summed E-state index contributed by atoms with van der Waals surface area (Å²) in [5, 5.41) is 22.4. The standard InChI is InChI=1S/C30H38ClN7O2.C28H32ClN5O5S.C26H32ClN7O3S/c1-3-37-18-34-24(28(37)31)5-10-32-23-4-11-33-30(39)26(23)29-35-25-17-21(16-19(2)27(25)36-29)20-6-12-38(13-7-20)22-8-14-40-15-9-22;1-16-12-19(17-7-10-34(11-8-17)40(3,37)38)14-22-26(16)33-27(32-22)25-21(6-9-30-28(25)36)31-15-23(35)18-4-5-24(39-2)20(29)13-18;1-4-33-15-30-20(24(33)27)6-9-28-19-5-10-29-26(35)22(19)25-31-21-14-18(13-16(2)23(21)32-25)17-7-11-34(12-8-17)38(3,36)37/h4,11,16-18,20,22H,3,5-10,12-15H2,1-2H3,(H,35,36)(H2,32,33,39);4-6,9,12-14,17,23,35H,7-8,10-11,15H2,1-3H3,(H,32,33)(H2,30,31,36);5,10,13-15,17H,4,6-9,11-12H2,1-3H3,(H,31,32)(H2,28,29,35)/t;23-;/m.1./s1. The number of aliphatic hydroxyl groups is 1. The fourth-order valence-electron chi connectivity index (χ4n) is 16.7. The summed E-state index contributed by atoms with van der Waals surface area (Å²) in [6, 6.07) is 24.0. The van der Waals surface area contributed by atoms with Gasteiger partial charge in [-0.05, 0) is 204 Å². The van der Waals surface area contributed by atoms with Crippen molar-refractivity contribution >= 4 is 105 Å². The fourth-order valence-corrected chi connectivity index (χ4v) is 19.4. The largest absolute Gasteiger partial charge is 0.495 e. The van der Waals surface area contributed by atoms with Crippen LogP contribution in [0.4, 0.5) is 17.1 Å². The Kier molecular flexibility index (Phi) is 26.5. The van der Waals surface area contributed by atoms with Gasteiger partial charge in [0.25, 0.3) is 16.7 Å². The second kappa shape index (κ2) is 36.9. The number of piperidine rings is 3. The van der Waals surface area contributed by atoms with Crippen LogP contribution in [0.5, 0.6) is 5.75 Å². The van der Waals surface area contributed by atoms with Crippen molar-refractivity contribution in [1.82, 2.24) is 77.5 Å². The summed E-state index contributed by atoms with van der Waals surface area (Å²) in [5.74, 6) is 3.03. The van der Waals surface area contributed by atoms with Crippen LogP contribution in [0.2, 0.25) is 15.3 Å². The van der Waals surface area contributed by atoms with E-state index in [9.17, 15) is 36.3 Å². The van der Waals surface area contributed by atoms with Crippen LogP contribution in [0, 0.1) is 20.8 Å². The molecule has 0 bridgehead atoms. The van der Waals surface area contributed by atoms with E-state index in [1.807, 2.05) is 55.0 Å². The van der Waals surface area contributed by atoms with Crippen molar-refractivity contribution < 1.29 is 31.4 Å². The number of methoxy groups -OCH3 is 1. The smallest absolute Gasteiger partial charge is 0.261 e. The number of rotatable bonds is 24.